The van der Waals surface area contributed by atoms with Crippen LogP contribution in [0.15, 0.2) is 33.8 Å². The molecule has 1 aliphatic carbocycles. The van der Waals surface area contributed by atoms with Crippen molar-refractivity contribution in [3.63, 3.8) is 0 Å². The van der Waals surface area contributed by atoms with Crippen molar-refractivity contribution >= 4 is 21.6 Å². The second kappa shape index (κ2) is 8.89. The predicted molar refractivity (Wildman–Crippen MR) is 117 cm³/mol. The highest BCUT2D eigenvalue weighted by molar-refractivity contribution is 7.18. The predicted octanol–water partition coefficient (Wildman–Crippen LogP) is 4.44. The van der Waals surface area contributed by atoms with Crippen LogP contribution in [0.3, 0.4) is 0 Å². The lowest BCUT2D eigenvalue weighted by molar-refractivity contribution is -0.0512. The molecular weight excluding hydrogens is 454 g/mol. The fraction of sp³-hybridized carbons (Fsp3) is 0.364. The van der Waals surface area contributed by atoms with Crippen LogP contribution in [-0.4, -0.2) is 33.4 Å². The Balaban J connectivity index is 1.43. The molecule has 0 saturated heterocycles. The molecule has 1 aliphatic rings. The lowest BCUT2D eigenvalue weighted by Gasteiger charge is -2.10. The molecule has 11 heteroatoms. The fourth-order valence-corrected chi connectivity index (χ4v) is 5.27. The van der Waals surface area contributed by atoms with Crippen LogP contribution >= 0.6 is 11.3 Å². The molecule has 0 unspecified atom stereocenters. The summed E-state index contributed by atoms with van der Waals surface area (Å²) < 4.78 is 41.4. The van der Waals surface area contributed by atoms with Crippen molar-refractivity contribution in [1.29, 1.82) is 0 Å². The fourth-order valence-electron chi connectivity index (χ4n) is 4.05. The van der Waals surface area contributed by atoms with E-state index in [0.29, 0.717) is 10.9 Å². The highest BCUT2D eigenvalue weighted by Crippen LogP contribution is 2.34. The molecule has 0 saturated carbocycles. The summed E-state index contributed by atoms with van der Waals surface area (Å²) in [6, 6.07) is 4.35. The first-order valence-electron chi connectivity index (χ1n) is 10.5. The summed E-state index contributed by atoms with van der Waals surface area (Å²) >= 11 is 1.61. The zero-order valence-corrected chi connectivity index (χ0v) is 18.5. The number of aromatic nitrogens is 4. The van der Waals surface area contributed by atoms with Crippen LogP contribution in [-0.2, 0) is 19.4 Å². The number of alkyl halides is 2. The molecule has 0 bridgehead atoms. The van der Waals surface area contributed by atoms with Gasteiger partial charge in [0.15, 0.2) is 11.5 Å². The third kappa shape index (κ3) is 4.20. The van der Waals surface area contributed by atoms with Crippen molar-refractivity contribution in [3.8, 4) is 22.9 Å². The molecule has 0 atom stereocenters. The van der Waals surface area contributed by atoms with Crippen molar-refractivity contribution in [2.75, 3.05) is 7.11 Å². The molecule has 0 fully saturated rings. The van der Waals surface area contributed by atoms with Gasteiger partial charge in [-0.2, -0.15) is 13.8 Å². The van der Waals surface area contributed by atoms with Crippen LogP contribution in [0.25, 0.3) is 21.6 Å². The number of thiophene rings is 1. The normalized spacial score (nSPS) is 13.8. The van der Waals surface area contributed by atoms with Crippen LogP contribution < -0.4 is 15.0 Å². The van der Waals surface area contributed by atoms with Crippen LogP contribution in [0, 0.1) is 0 Å². The highest BCUT2D eigenvalue weighted by Gasteiger charge is 2.20. The van der Waals surface area contributed by atoms with Gasteiger partial charge in [0.2, 0.25) is 11.7 Å². The number of hydrogen-bond acceptors (Lipinski definition) is 8. The summed E-state index contributed by atoms with van der Waals surface area (Å²) in [4.78, 5) is 24.1. The van der Waals surface area contributed by atoms with E-state index in [1.165, 1.54) is 47.5 Å². The summed E-state index contributed by atoms with van der Waals surface area (Å²) in [6.07, 6.45) is 6.77. The van der Waals surface area contributed by atoms with Crippen molar-refractivity contribution < 1.29 is 22.8 Å². The minimum absolute atomic E-state index is 0.0725. The summed E-state index contributed by atoms with van der Waals surface area (Å²) in [5, 5.41) is 4.64. The Morgan fingerprint density at radius 2 is 2.06 bits per heavy atom. The van der Waals surface area contributed by atoms with Gasteiger partial charge in [0, 0.05) is 10.4 Å². The number of nitrogens with zero attached hydrogens (tertiary/aromatic N) is 4. The second-order valence-electron chi connectivity index (χ2n) is 7.68. The standard InChI is InChI=1S/C22H20F2N4O4S/c1-30-15-9-12(7-8-14(15)31-22(23)24)19-26-17(32-27-19)10-28-11-25-20-18(21(28)29)13-5-3-2-4-6-16(13)33-20/h7-9,11,22H,2-6,10H2,1H3. The topological polar surface area (TPSA) is 92.3 Å². The molecule has 0 spiro atoms. The summed E-state index contributed by atoms with van der Waals surface area (Å²) in [5.74, 6) is 0.476. The number of ether oxygens (including phenoxy) is 2. The zero-order chi connectivity index (χ0) is 22.9. The lowest BCUT2D eigenvalue weighted by atomic mass is 10.1. The molecule has 5 rings (SSSR count). The third-order valence-corrected chi connectivity index (χ3v) is 6.80. The molecule has 3 heterocycles. The SMILES string of the molecule is COc1cc(-c2noc(Cn3cnc4sc5c(c4c3=O)CCCCC5)n2)ccc1OC(F)F. The lowest BCUT2D eigenvalue weighted by Crippen LogP contribution is -2.21. The van der Waals surface area contributed by atoms with Crippen molar-refractivity contribution in [2.45, 2.75) is 45.3 Å². The van der Waals surface area contributed by atoms with E-state index < -0.39 is 6.61 Å². The maximum Gasteiger partial charge on any atom is 0.387 e. The van der Waals surface area contributed by atoms with E-state index in [-0.39, 0.29) is 35.3 Å². The Bertz CT molecular complexity index is 1360. The van der Waals surface area contributed by atoms with E-state index in [0.717, 1.165) is 36.1 Å². The van der Waals surface area contributed by atoms with E-state index in [9.17, 15) is 13.6 Å². The largest absolute Gasteiger partial charge is 0.493 e. The Hall–Kier alpha value is -3.34. The van der Waals surface area contributed by atoms with Gasteiger partial charge in [-0.3, -0.25) is 9.36 Å². The number of methoxy groups -OCH3 is 1. The van der Waals surface area contributed by atoms with Gasteiger partial charge >= 0.3 is 6.61 Å². The number of benzene rings is 1. The van der Waals surface area contributed by atoms with Gasteiger partial charge < -0.3 is 14.0 Å². The highest BCUT2D eigenvalue weighted by atomic mass is 32.1. The molecule has 0 amide bonds. The van der Waals surface area contributed by atoms with E-state index in [1.54, 1.807) is 11.3 Å². The molecule has 4 aromatic rings. The van der Waals surface area contributed by atoms with E-state index >= 15 is 0 Å². The molecule has 0 N–H and O–H groups in total. The minimum Gasteiger partial charge on any atom is -0.493 e. The Morgan fingerprint density at radius 3 is 2.88 bits per heavy atom. The maximum atomic E-state index is 13.2. The van der Waals surface area contributed by atoms with Crippen LogP contribution in [0.2, 0.25) is 0 Å². The van der Waals surface area contributed by atoms with Gasteiger partial charge in [0.05, 0.1) is 18.8 Å². The van der Waals surface area contributed by atoms with Gasteiger partial charge in [-0.1, -0.05) is 11.6 Å². The number of halogens is 2. The number of aryl methyl sites for hydroxylation is 2. The molecule has 33 heavy (non-hydrogen) atoms. The first-order valence-corrected chi connectivity index (χ1v) is 11.3. The summed E-state index contributed by atoms with van der Waals surface area (Å²) in [5.41, 5.74) is 1.51. The molecule has 1 aromatic carbocycles. The molecule has 172 valence electrons. The average molecular weight is 474 g/mol. The maximum absolute atomic E-state index is 13.2. The summed E-state index contributed by atoms with van der Waals surface area (Å²) in [6.45, 7) is -2.90. The molecule has 8 nitrogen and oxygen atoms in total. The number of rotatable bonds is 6. The van der Waals surface area contributed by atoms with Gasteiger partial charge in [-0.15, -0.1) is 11.3 Å². The zero-order valence-electron chi connectivity index (χ0n) is 17.7. The Kier molecular flexibility index (Phi) is 5.79. The average Bonchev–Trinajstić information content (AvgIpc) is 3.34. The molecule has 0 radical (unpaired) electrons. The van der Waals surface area contributed by atoms with Crippen LogP contribution in [0.4, 0.5) is 8.78 Å². The van der Waals surface area contributed by atoms with Gasteiger partial charge in [-0.25, -0.2) is 4.98 Å². The van der Waals surface area contributed by atoms with E-state index in [4.69, 9.17) is 9.26 Å². The monoisotopic (exact) mass is 474 g/mol. The van der Waals surface area contributed by atoms with E-state index in [1.807, 2.05) is 0 Å². The minimum atomic E-state index is -2.97. The van der Waals surface area contributed by atoms with Gasteiger partial charge in [0.25, 0.3) is 5.56 Å². The molecule has 3 aromatic heterocycles. The number of hydrogen-bond donors (Lipinski definition) is 0. The van der Waals surface area contributed by atoms with Crippen molar-refractivity contribution in [2.24, 2.45) is 0 Å². The quantitative estimate of drug-likeness (QED) is 0.382. The van der Waals surface area contributed by atoms with Crippen LogP contribution in [0.1, 0.15) is 35.6 Å². The first kappa shape index (κ1) is 21.5. The van der Waals surface area contributed by atoms with Crippen molar-refractivity contribution in [3.05, 3.63) is 51.2 Å². The Labute approximate surface area is 190 Å². The smallest absolute Gasteiger partial charge is 0.387 e. The van der Waals surface area contributed by atoms with Gasteiger partial charge in [0.1, 0.15) is 11.4 Å². The van der Waals surface area contributed by atoms with E-state index in [2.05, 4.69) is 19.9 Å². The summed E-state index contributed by atoms with van der Waals surface area (Å²) in [7, 11) is 1.35. The second-order valence-corrected chi connectivity index (χ2v) is 8.76. The molecule has 0 aliphatic heterocycles. The third-order valence-electron chi connectivity index (χ3n) is 5.60. The van der Waals surface area contributed by atoms with Crippen molar-refractivity contribution in [1.82, 2.24) is 19.7 Å². The number of fused-ring (bicyclic) bond motifs is 3. The first-order chi connectivity index (χ1) is 16.0. The Morgan fingerprint density at radius 1 is 1.21 bits per heavy atom. The van der Waals surface area contributed by atoms with Crippen LogP contribution in [0.5, 0.6) is 11.5 Å². The van der Waals surface area contributed by atoms with Gasteiger partial charge in [-0.05, 0) is 49.4 Å². The molecular formula is C22H20F2N4O4S.